The van der Waals surface area contributed by atoms with Gasteiger partial charge in [0.1, 0.15) is 23.5 Å². The minimum Gasteiger partial charge on any atom is -0.402 e. The summed E-state index contributed by atoms with van der Waals surface area (Å²) < 4.78 is 66.2. The Morgan fingerprint density at radius 3 is 2.11 bits per heavy atom. The Bertz CT molecular complexity index is 591. The lowest BCUT2D eigenvalue weighted by Gasteiger charge is -2.12. The van der Waals surface area contributed by atoms with Crippen LogP contribution >= 0.6 is 0 Å². The van der Waals surface area contributed by atoms with Crippen molar-refractivity contribution in [2.75, 3.05) is 0 Å². The van der Waals surface area contributed by atoms with E-state index >= 15 is 0 Å². The molecule has 8 heteroatoms. The molecular formula is C11H3F5N2O. The van der Waals surface area contributed by atoms with Gasteiger partial charge in [-0.25, -0.2) is 8.78 Å². The zero-order valence-electron chi connectivity index (χ0n) is 8.92. The molecule has 98 valence electrons. The SMILES string of the molecule is N#CC(C#N)=Cc1c(F)ccc(F)c1OC(F)(F)F. The maximum atomic E-state index is 13.4. The Morgan fingerprint density at radius 2 is 1.63 bits per heavy atom. The van der Waals surface area contributed by atoms with E-state index in [2.05, 4.69) is 4.74 Å². The van der Waals surface area contributed by atoms with Gasteiger partial charge in [-0.3, -0.25) is 0 Å². The first-order valence-electron chi connectivity index (χ1n) is 4.54. The molecule has 0 aliphatic carbocycles. The van der Waals surface area contributed by atoms with Crippen molar-refractivity contribution >= 4 is 6.08 Å². The first kappa shape index (κ1) is 14.5. The Kier molecular flexibility index (Phi) is 4.07. The van der Waals surface area contributed by atoms with Gasteiger partial charge in [0, 0.05) is 0 Å². The molecule has 0 aliphatic heterocycles. The number of nitriles is 2. The fourth-order valence-electron chi connectivity index (χ4n) is 1.14. The summed E-state index contributed by atoms with van der Waals surface area (Å²) in [5.41, 5.74) is -1.66. The van der Waals surface area contributed by atoms with E-state index in [1.807, 2.05) is 0 Å². The van der Waals surface area contributed by atoms with Gasteiger partial charge in [-0.15, -0.1) is 13.2 Å². The van der Waals surface area contributed by atoms with Crippen molar-refractivity contribution < 1.29 is 26.7 Å². The van der Waals surface area contributed by atoms with Crippen LogP contribution in [0, 0.1) is 34.3 Å². The third-order valence-corrected chi connectivity index (χ3v) is 1.84. The quantitative estimate of drug-likeness (QED) is 0.614. The van der Waals surface area contributed by atoms with Gasteiger partial charge in [-0.2, -0.15) is 10.5 Å². The van der Waals surface area contributed by atoms with Crippen molar-refractivity contribution in [3.8, 4) is 17.9 Å². The van der Waals surface area contributed by atoms with E-state index in [1.54, 1.807) is 0 Å². The lowest BCUT2D eigenvalue weighted by molar-refractivity contribution is -0.275. The molecule has 0 spiro atoms. The van der Waals surface area contributed by atoms with Crippen LogP contribution in [0.1, 0.15) is 5.56 Å². The number of ether oxygens (including phenoxy) is 1. The predicted molar refractivity (Wildman–Crippen MR) is 52.2 cm³/mol. The third kappa shape index (κ3) is 3.68. The monoisotopic (exact) mass is 274 g/mol. The van der Waals surface area contributed by atoms with E-state index < -0.39 is 34.9 Å². The Hall–Kier alpha value is -2.61. The second kappa shape index (κ2) is 5.36. The summed E-state index contributed by atoms with van der Waals surface area (Å²) in [5, 5.41) is 16.9. The largest absolute Gasteiger partial charge is 0.573 e. The van der Waals surface area contributed by atoms with Crippen LogP contribution in [-0.2, 0) is 0 Å². The van der Waals surface area contributed by atoms with Crippen LogP contribution in [0.4, 0.5) is 22.0 Å². The predicted octanol–water partition coefficient (Wildman–Crippen LogP) is 3.29. The zero-order chi connectivity index (χ0) is 14.6. The van der Waals surface area contributed by atoms with E-state index in [-0.39, 0.29) is 0 Å². The van der Waals surface area contributed by atoms with Crippen LogP contribution in [0.5, 0.6) is 5.75 Å². The highest BCUT2D eigenvalue weighted by Crippen LogP contribution is 2.32. The molecule has 0 radical (unpaired) electrons. The number of benzene rings is 1. The molecule has 0 heterocycles. The summed E-state index contributed by atoms with van der Waals surface area (Å²) in [6.07, 6.45) is -4.77. The van der Waals surface area contributed by atoms with Gasteiger partial charge in [-0.1, -0.05) is 0 Å². The molecule has 3 nitrogen and oxygen atoms in total. The first-order chi connectivity index (χ1) is 8.78. The highest BCUT2D eigenvalue weighted by atomic mass is 19.4. The van der Waals surface area contributed by atoms with Gasteiger partial charge in [-0.05, 0) is 18.2 Å². The summed E-state index contributed by atoms with van der Waals surface area (Å²) in [6.45, 7) is 0. The normalized spacial score (nSPS) is 10.3. The standard InChI is InChI=1S/C11H3F5N2O/c12-8-1-2-9(13)10(19-11(14,15)16)7(8)3-6(4-17)5-18/h1-3H. The fourth-order valence-corrected chi connectivity index (χ4v) is 1.14. The van der Waals surface area contributed by atoms with Gasteiger partial charge in [0.15, 0.2) is 11.6 Å². The minimum atomic E-state index is -5.24. The number of halogens is 5. The fraction of sp³-hybridized carbons (Fsp3) is 0.0909. The topological polar surface area (TPSA) is 56.8 Å². The molecule has 1 aromatic carbocycles. The van der Waals surface area contributed by atoms with Crippen LogP contribution in [0.15, 0.2) is 17.7 Å². The van der Waals surface area contributed by atoms with Crippen LogP contribution in [0.25, 0.3) is 6.08 Å². The van der Waals surface area contributed by atoms with Gasteiger partial charge < -0.3 is 4.74 Å². The Morgan fingerprint density at radius 1 is 1.11 bits per heavy atom. The average molecular weight is 274 g/mol. The molecule has 19 heavy (non-hydrogen) atoms. The lowest BCUT2D eigenvalue weighted by Crippen LogP contribution is -2.19. The molecule has 0 N–H and O–H groups in total. The first-order valence-corrected chi connectivity index (χ1v) is 4.54. The number of rotatable bonds is 2. The highest BCUT2D eigenvalue weighted by molar-refractivity contribution is 5.67. The average Bonchev–Trinajstić information content (AvgIpc) is 2.32. The Labute approximate surface area is 103 Å². The van der Waals surface area contributed by atoms with Crippen LogP contribution in [0.2, 0.25) is 0 Å². The van der Waals surface area contributed by atoms with E-state index in [0.717, 1.165) is 0 Å². The molecule has 1 aromatic rings. The van der Waals surface area contributed by atoms with E-state index in [9.17, 15) is 22.0 Å². The smallest absolute Gasteiger partial charge is 0.402 e. The molecule has 1 rings (SSSR count). The van der Waals surface area contributed by atoms with E-state index in [4.69, 9.17) is 10.5 Å². The zero-order valence-corrected chi connectivity index (χ0v) is 8.92. The molecule has 0 saturated heterocycles. The molecular weight excluding hydrogens is 271 g/mol. The van der Waals surface area contributed by atoms with Crippen molar-refractivity contribution in [1.29, 1.82) is 10.5 Å². The summed E-state index contributed by atoms with van der Waals surface area (Å²) >= 11 is 0. The summed E-state index contributed by atoms with van der Waals surface area (Å²) in [7, 11) is 0. The molecule has 0 unspecified atom stereocenters. The van der Waals surface area contributed by atoms with Crippen molar-refractivity contribution in [1.82, 2.24) is 0 Å². The summed E-state index contributed by atoms with van der Waals surface area (Å²) in [5.74, 6) is -4.17. The van der Waals surface area contributed by atoms with Crippen molar-refractivity contribution in [3.63, 3.8) is 0 Å². The number of allylic oxidation sites excluding steroid dienone is 1. The second-order valence-corrected chi connectivity index (χ2v) is 3.10. The van der Waals surface area contributed by atoms with Crippen molar-refractivity contribution in [2.45, 2.75) is 6.36 Å². The number of nitrogens with zero attached hydrogens (tertiary/aromatic N) is 2. The molecule has 0 saturated carbocycles. The minimum absolute atomic E-state index is 0.437. The van der Waals surface area contributed by atoms with Gasteiger partial charge in [0.25, 0.3) is 0 Å². The number of hydrogen-bond acceptors (Lipinski definition) is 3. The Balaban J connectivity index is 3.47. The molecule has 0 amide bonds. The van der Waals surface area contributed by atoms with E-state index in [0.29, 0.717) is 18.2 Å². The molecule has 0 fully saturated rings. The summed E-state index contributed by atoms with van der Waals surface area (Å²) in [4.78, 5) is 0. The number of alkyl halides is 3. The molecule has 0 aromatic heterocycles. The van der Waals surface area contributed by atoms with Crippen molar-refractivity contribution in [2.24, 2.45) is 0 Å². The molecule has 0 atom stereocenters. The van der Waals surface area contributed by atoms with Crippen LogP contribution in [-0.4, -0.2) is 6.36 Å². The van der Waals surface area contributed by atoms with Crippen molar-refractivity contribution in [3.05, 3.63) is 34.9 Å². The van der Waals surface area contributed by atoms with Gasteiger partial charge >= 0.3 is 6.36 Å². The third-order valence-electron chi connectivity index (χ3n) is 1.84. The maximum Gasteiger partial charge on any atom is 0.573 e. The van der Waals surface area contributed by atoms with Gasteiger partial charge in [0.2, 0.25) is 0 Å². The van der Waals surface area contributed by atoms with Crippen LogP contribution < -0.4 is 4.74 Å². The molecule has 0 aliphatic rings. The maximum absolute atomic E-state index is 13.4. The number of hydrogen-bond donors (Lipinski definition) is 0. The highest BCUT2D eigenvalue weighted by Gasteiger charge is 2.34. The molecule has 0 bridgehead atoms. The summed E-state index contributed by atoms with van der Waals surface area (Å²) in [6, 6.07) is 3.61. The second-order valence-electron chi connectivity index (χ2n) is 3.10. The van der Waals surface area contributed by atoms with Crippen LogP contribution in [0.3, 0.4) is 0 Å². The van der Waals surface area contributed by atoms with E-state index in [1.165, 1.54) is 12.1 Å². The van der Waals surface area contributed by atoms with Gasteiger partial charge in [0.05, 0.1) is 5.56 Å². The lowest BCUT2D eigenvalue weighted by atomic mass is 10.1.